The van der Waals surface area contributed by atoms with Crippen LogP contribution in [0.5, 0.6) is 0 Å². The van der Waals surface area contributed by atoms with E-state index in [1.807, 2.05) is 13.1 Å². The summed E-state index contributed by atoms with van der Waals surface area (Å²) in [7, 11) is -1.73. The van der Waals surface area contributed by atoms with Gasteiger partial charge in [0.1, 0.15) is 0 Å². The molecule has 2 aliphatic rings. The monoisotopic (exact) mass is 392 g/mol. The molecule has 150 valence electrons. The summed E-state index contributed by atoms with van der Waals surface area (Å²) >= 11 is 0. The molecule has 2 aliphatic carbocycles. The van der Waals surface area contributed by atoms with Gasteiger partial charge in [-0.2, -0.15) is 0 Å². The summed E-state index contributed by atoms with van der Waals surface area (Å²) in [6, 6.07) is 5.42. The molecule has 5 nitrogen and oxygen atoms in total. The van der Waals surface area contributed by atoms with Crippen LogP contribution in [-0.4, -0.2) is 39.4 Å². The fraction of sp³-hybridized carbons (Fsp3) is 0.667. The number of rotatable bonds is 7. The van der Waals surface area contributed by atoms with Gasteiger partial charge in [-0.15, -0.1) is 0 Å². The summed E-state index contributed by atoms with van der Waals surface area (Å²) in [5, 5.41) is 0. The van der Waals surface area contributed by atoms with Gasteiger partial charge in [0.2, 0.25) is 15.9 Å². The predicted octanol–water partition coefficient (Wildman–Crippen LogP) is 3.27. The van der Waals surface area contributed by atoms with Gasteiger partial charge < -0.3 is 4.90 Å². The van der Waals surface area contributed by atoms with E-state index in [2.05, 4.69) is 4.72 Å². The first-order chi connectivity index (χ1) is 13.0. The Hall–Kier alpha value is -1.40. The average molecular weight is 393 g/mol. The molecule has 1 N–H and O–H groups in total. The lowest BCUT2D eigenvalue weighted by molar-refractivity contribution is -0.130. The number of aryl methyl sites for hydroxylation is 2. The molecule has 1 saturated carbocycles. The van der Waals surface area contributed by atoms with Crippen LogP contribution in [0.3, 0.4) is 0 Å². The van der Waals surface area contributed by atoms with E-state index in [0.717, 1.165) is 31.4 Å². The number of carbonyl (C=O) groups is 1. The average Bonchev–Trinajstić information content (AvgIpc) is 2.68. The van der Waals surface area contributed by atoms with Gasteiger partial charge in [0.05, 0.1) is 4.90 Å². The zero-order valence-corrected chi connectivity index (χ0v) is 17.2. The van der Waals surface area contributed by atoms with Crippen molar-refractivity contribution < 1.29 is 13.2 Å². The Labute approximate surface area is 163 Å². The van der Waals surface area contributed by atoms with Crippen molar-refractivity contribution in [2.24, 2.45) is 5.92 Å². The van der Waals surface area contributed by atoms with Gasteiger partial charge in [0.25, 0.3) is 0 Å². The third-order valence-electron chi connectivity index (χ3n) is 5.94. The van der Waals surface area contributed by atoms with Crippen LogP contribution >= 0.6 is 0 Å². The van der Waals surface area contributed by atoms with Crippen LogP contribution in [0.2, 0.25) is 0 Å². The predicted molar refractivity (Wildman–Crippen MR) is 107 cm³/mol. The van der Waals surface area contributed by atoms with Crippen LogP contribution in [0.4, 0.5) is 0 Å². The third kappa shape index (κ3) is 5.55. The van der Waals surface area contributed by atoms with E-state index in [4.69, 9.17) is 0 Å². The lowest BCUT2D eigenvalue weighted by atomic mass is 9.89. The Morgan fingerprint density at radius 2 is 1.78 bits per heavy atom. The molecule has 1 fully saturated rings. The van der Waals surface area contributed by atoms with Gasteiger partial charge in [-0.3, -0.25) is 4.79 Å². The maximum absolute atomic E-state index is 12.6. The van der Waals surface area contributed by atoms with E-state index in [9.17, 15) is 13.2 Å². The number of sulfonamides is 1. The second-order valence-corrected chi connectivity index (χ2v) is 9.83. The Kier molecular flexibility index (Phi) is 6.93. The smallest absolute Gasteiger partial charge is 0.240 e. The number of hydrogen-bond donors (Lipinski definition) is 1. The quantitative estimate of drug-likeness (QED) is 0.774. The second-order valence-electron chi connectivity index (χ2n) is 8.06. The lowest BCUT2D eigenvalue weighted by Crippen LogP contribution is -2.35. The number of nitrogens with zero attached hydrogens (tertiary/aromatic N) is 1. The minimum absolute atomic E-state index is 0.00807. The first-order valence-electron chi connectivity index (χ1n) is 10.3. The molecule has 0 aromatic heterocycles. The summed E-state index contributed by atoms with van der Waals surface area (Å²) < 4.78 is 27.7. The summed E-state index contributed by atoms with van der Waals surface area (Å²) in [5.41, 5.74) is 2.41. The van der Waals surface area contributed by atoms with E-state index in [1.165, 1.54) is 44.1 Å². The third-order valence-corrected chi connectivity index (χ3v) is 7.40. The molecule has 0 unspecified atom stereocenters. The molecule has 1 amide bonds. The Morgan fingerprint density at radius 3 is 2.52 bits per heavy atom. The van der Waals surface area contributed by atoms with Crippen LogP contribution in [0.1, 0.15) is 62.5 Å². The molecule has 6 heteroatoms. The van der Waals surface area contributed by atoms with Crippen LogP contribution in [0.15, 0.2) is 23.1 Å². The summed E-state index contributed by atoms with van der Waals surface area (Å²) in [6.07, 6.45) is 10.7. The normalized spacial score (nSPS) is 18.1. The number of benzene rings is 1. The topological polar surface area (TPSA) is 66.5 Å². The number of fused-ring (bicyclic) bond motifs is 1. The van der Waals surface area contributed by atoms with Crippen LogP contribution in [0, 0.1) is 5.92 Å². The van der Waals surface area contributed by atoms with Crippen LogP contribution < -0.4 is 4.72 Å². The van der Waals surface area contributed by atoms with Gasteiger partial charge in [0, 0.05) is 26.6 Å². The van der Waals surface area contributed by atoms with Gasteiger partial charge in [-0.1, -0.05) is 25.3 Å². The molecule has 0 bridgehead atoms. The van der Waals surface area contributed by atoms with E-state index in [1.54, 1.807) is 17.0 Å². The number of carbonyl (C=O) groups excluding carboxylic acids is 1. The highest BCUT2D eigenvalue weighted by molar-refractivity contribution is 7.89. The molecule has 27 heavy (non-hydrogen) atoms. The summed E-state index contributed by atoms with van der Waals surface area (Å²) in [4.78, 5) is 14.4. The minimum atomic E-state index is -3.56. The molecule has 0 heterocycles. The standard InChI is InChI=1S/C21H32N2O3S/c1-23(16-17-7-3-2-4-8-17)21(24)13-14-22-27(25,26)20-12-11-18-9-5-6-10-19(18)15-20/h11-12,15,17,22H,2-10,13-14,16H2,1H3. The number of nitrogens with one attached hydrogen (secondary N) is 1. The maximum Gasteiger partial charge on any atom is 0.240 e. The van der Waals surface area contributed by atoms with Crippen molar-refractivity contribution in [1.82, 2.24) is 9.62 Å². The van der Waals surface area contributed by atoms with Crippen molar-refractivity contribution >= 4 is 15.9 Å². The van der Waals surface area contributed by atoms with E-state index < -0.39 is 10.0 Å². The lowest BCUT2D eigenvalue weighted by Gasteiger charge is -2.27. The molecule has 3 rings (SSSR count). The zero-order chi connectivity index (χ0) is 19.3. The summed E-state index contributed by atoms with van der Waals surface area (Å²) in [6.45, 7) is 0.934. The van der Waals surface area contributed by atoms with Crippen molar-refractivity contribution in [3.8, 4) is 0 Å². The van der Waals surface area contributed by atoms with Crippen molar-refractivity contribution in [3.63, 3.8) is 0 Å². The molecule has 0 aliphatic heterocycles. The van der Waals surface area contributed by atoms with Crippen molar-refractivity contribution in [2.75, 3.05) is 20.1 Å². The van der Waals surface area contributed by atoms with Crippen molar-refractivity contribution in [2.45, 2.75) is 69.1 Å². The van der Waals surface area contributed by atoms with Crippen molar-refractivity contribution in [1.29, 1.82) is 0 Å². The Balaban J connectivity index is 1.49. The molecular weight excluding hydrogens is 360 g/mol. The van der Waals surface area contributed by atoms with Crippen LogP contribution in [-0.2, 0) is 27.7 Å². The molecule has 1 aromatic carbocycles. The molecule has 1 aromatic rings. The molecule has 0 saturated heterocycles. The zero-order valence-electron chi connectivity index (χ0n) is 16.4. The fourth-order valence-corrected chi connectivity index (χ4v) is 5.38. The maximum atomic E-state index is 12.6. The van der Waals surface area contributed by atoms with E-state index in [-0.39, 0.29) is 18.9 Å². The van der Waals surface area contributed by atoms with E-state index >= 15 is 0 Å². The molecule has 0 radical (unpaired) electrons. The van der Waals surface area contributed by atoms with Gasteiger partial charge >= 0.3 is 0 Å². The summed E-state index contributed by atoms with van der Waals surface area (Å²) in [5.74, 6) is 0.605. The second kappa shape index (κ2) is 9.20. The van der Waals surface area contributed by atoms with Gasteiger partial charge in [-0.05, 0) is 67.7 Å². The SMILES string of the molecule is CN(CC1CCCCC1)C(=O)CCNS(=O)(=O)c1ccc2c(c1)CCCC2. The molecule has 0 atom stereocenters. The first-order valence-corrected chi connectivity index (χ1v) is 11.8. The molecular formula is C21H32N2O3S. The highest BCUT2D eigenvalue weighted by atomic mass is 32.2. The van der Waals surface area contributed by atoms with Crippen LogP contribution in [0.25, 0.3) is 0 Å². The largest absolute Gasteiger partial charge is 0.345 e. The Bertz CT molecular complexity index is 755. The fourth-order valence-electron chi connectivity index (χ4n) is 4.30. The van der Waals surface area contributed by atoms with Gasteiger partial charge in [-0.25, -0.2) is 13.1 Å². The molecule has 0 spiro atoms. The van der Waals surface area contributed by atoms with E-state index in [0.29, 0.717) is 10.8 Å². The Morgan fingerprint density at radius 1 is 1.07 bits per heavy atom. The highest BCUT2D eigenvalue weighted by Gasteiger charge is 2.20. The number of amides is 1. The number of hydrogen-bond acceptors (Lipinski definition) is 3. The van der Waals surface area contributed by atoms with Gasteiger partial charge in [0.15, 0.2) is 0 Å². The van der Waals surface area contributed by atoms with Crippen molar-refractivity contribution in [3.05, 3.63) is 29.3 Å². The minimum Gasteiger partial charge on any atom is -0.345 e. The first kappa shape index (κ1) is 20.3. The highest BCUT2D eigenvalue weighted by Crippen LogP contribution is 2.25.